The molecule has 1 aromatic carbocycles. The quantitative estimate of drug-likeness (QED) is 0.702. The average Bonchev–Trinajstić information content (AvgIpc) is 2.90. The molecule has 96 valence electrons. The molecule has 3 aromatic rings. The average molecular weight is 257 g/mol. The van der Waals surface area contributed by atoms with Gasteiger partial charge in [0, 0.05) is 5.39 Å². The minimum atomic E-state index is 0.182. The van der Waals surface area contributed by atoms with Crippen LogP contribution in [0, 0.1) is 0 Å². The number of nitrogens with zero attached hydrogens (tertiary/aromatic N) is 5. The molecule has 0 aliphatic heterocycles. The first-order valence-electron chi connectivity index (χ1n) is 5.59. The Balaban J connectivity index is 2.20. The van der Waals surface area contributed by atoms with Crippen LogP contribution in [0.5, 0.6) is 12.0 Å². The van der Waals surface area contributed by atoms with E-state index in [1.165, 1.54) is 14.2 Å². The molecule has 7 nitrogen and oxygen atoms in total. The van der Waals surface area contributed by atoms with Crippen LogP contribution >= 0.6 is 0 Å². The van der Waals surface area contributed by atoms with Crippen LogP contribution in [0.3, 0.4) is 0 Å². The van der Waals surface area contributed by atoms with Crippen molar-refractivity contribution >= 4 is 10.9 Å². The van der Waals surface area contributed by atoms with Gasteiger partial charge in [-0.2, -0.15) is 19.7 Å². The van der Waals surface area contributed by atoms with Gasteiger partial charge in [0.25, 0.3) is 5.95 Å². The molecule has 0 radical (unpaired) electrons. The molecule has 0 fully saturated rings. The maximum atomic E-state index is 5.02. The van der Waals surface area contributed by atoms with Crippen LogP contribution in [0.4, 0.5) is 0 Å². The summed E-state index contributed by atoms with van der Waals surface area (Å²) < 4.78 is 11.7. The molecule has 0 spiro atoms. The number of benzene rings is 1. The van der Waals surface area contributed by atoms with Crippen molar-refractivity contribution in [3.63, 3.8) is 0 Å². The molecule has 2 heterocycles. The normalized spacial score (nSPS) is 10.6. The van der Waals surface area contributed by atoms with Crippen molar-refractivity contribution in [1.29, 1.82) is 0 Å². The molecular formula is C12H11N5O2. The monoisotopic (exact) mass is 257 g/mol. The minimum Gasteiger partial charge on any atom is -0.467 e. The zero-order valence-electron chi connectivity index (χ0n) is 10.4. The number of hydrogen-bond acceptors (Lipinski definition) is 6. The lowest BCUT2D eigenvalue weighted by Crippen LogP contribution is -2.07. The van der Waals surface area contributed by atoms with Crippen LogP contribution in [0.2, 0.25) is 0 Å². The highest BCUT2D eigenvalue weighted by Gasteiger charge is 2.11. The van der Waals surface area contributed by atoms with Crippen molar-refractivity contribution in [3.05, 3.63) is 30.5 Å². The van der Waals surface area contributed by atoms with Crippen molar-refractivity contribution in [2.45, 2.75) is 0 Å². The van der Waals surface area contributed by atoms with Gasteiger partial charge >= 0.3 is 12.0 Å². The number of fused-ring (bicyclic) bond motifs is 1. The van der Waals surface area contributed by atoms with Gasteiger partial charge in [-0.15, -0.1) is 4.98 Å². The molecule has 0 unspecified atom stereocenters. The summed E-state index contributed by atoms with van der Waals surface area (Å²) in [5.41, 5.74) is 0.901. The van der Waals surface area contributed by atoms with E-state index in [0.717, 1.165) is 10.9 Å². The molecule has 2 aromatic heterocycles. The van der Waals surface area contributed by atoms with Crippen LogP contribution < -0.4 is 9.47 Å². The zero-order valence-corrected chi connectivity index (χ0v) is 10.4. The maximum Gasteiger partial charge on any atom is 0.324 e. The van der Waals surface area contributed by atoms with Gasteiger partial charge in [0.05, 0.1) is 25.9 Å². The Morgan fingerprint density at radius 2 is 1.63 bits per heavy atom. The lowest BCUT2D eigenvalue weighted by atomic mass is 10.3. The van der Waals surface area contributed by atoms with Crippen molar-refractivity contribution in [1.82, 2.24) is 24.7 Å². The number of para-hydroxylation sites is 1. The van der Waals surface area contributed by atoms with Crippen LogP contribution in [0.25, 0.3) is 16.9 Å². The predicted octanol–water partition coefficient (Wildman–Crippen LogP) is 1.23. The first-order chi connectivity index (χ1) is 9.31. The maximum absolute atomic E-state index is 5.02. The fourth-order valence-electron chi connectivity index (χ4n) is 1.74. The first kappa shape index (κ1) is 11.4. The third-order valence-electron chi connectivity index (χ3n) is 2.61. The van der Waals surface area contributed by atoms with E-state index in [1.54, 1.807) is 10.9 Å². The topological polar surface area (TPSA) is 75.0 Å². The van der Waals surface area contributed by atoms with Gasteiger partial charge in [0.15, 0.2) is 0 Å². The summed E-state index contributed by atoms with van der Waals surface area (Å²) in [5.74, 6) is 0.352. The largest absolute Gasteiger partial charge is 0.467 e. The van der Waals surface area contributed by atoms with E-state index >= 15 is 0 Å². The Kier molecular flexibility index (Phi) is 2.71. The van der Waals surface area contributed by atoms with Crippen LogP contribution in [0.15, 0.2) is 30.5 Å². The number of aromatic nitrogens is 5. The Labute approximate surface area is 108 Å². The zero-order chi connectivity index (χ0) is 13.2. The van der Waals surface area contributed by atoms with E-state index in [4.69, 9.17) is 9.47 Å². The van der Waals surface area contributed by atoms with Crippen molar-refractivity contribution in [2.24, 2.45) is 0 Å². The highest BCUT2D eigenvalue weighted by atomic mass is 16.5. The van der Waals surface area contributed by atoms with E-state index in [2.05, 4.69) is 20.1 Å². The number of ether oxygens (including phenoxy) is 2. The summed E-state index contributed by atoms with van der Waals surface area (Å²) in [6.45, 7) is 0. The summed E-state index contributed by atoms with van der Waals surface area (Å²) >= 11 is 0. The fraction of sp³-hybridized carbons (Fsp3) is 0.167. The summed E-state index contributed by atoms with van der Waals surface area (Å²) in [4.78, 5) is 12.3. The van der Waals surface area contributed by atoms with E-state index in [-0.39, 0.29) is 12.0 Å². The van der Waals surface area contributed by atoms with Crippen molar-refractivity contribution in [2.75, 3.05) is 14.2 Å². The van der Waals surface area contributed by atoms with Crippen LogP contribution in [-0.4, -0.2) is 39.0 Å². The fourth-order valence-corrected chi connectivity index (χ4v) is 1.74. The molecule has 3 rings (SSSR count). The molecule has 0 saturated carbocycles. The van der Waals surface area contributed by atoms with Crippen molar-refractivity contribution in [3.8, 4) is 18.0 Å². The number of methoxy groups -OCH3 is 2. The highest BCUT2D eigenvalue weighted by Crippen LogP contribution is 2.18. The Bertz CT molecular complexity index is 703. The van der Waals surface area contributed by atoms with E-state index in [0.29, 0.717) is 5.95 Å². The summed E-state index contributed by atoms with van der Waals surface area (Å²) in [6.07, 6.45) is 1.75. The van der Waals surface area contributed by atoms with Crippen LogP contribution in [-0.2, 0) is 0 Å². The van der Waals surface area contributed by atoms with Crippen molar-refractivity contribution < 1.29 is 9.47 Å². The van der Waals surface area contributed by atoms with E-state index in [9.17, 15) is 0 Å². The molecule has 0 amide bonds. The van der Waals surface area contributed by atoms with Gasteiger partial charge in [-0.3, -0.25) is 0 Å². The first-order valence-corrected chi connectivity index (χ1v) is 5.59. The number of hydrogen-bond donors (Lipinski definition) is 0. The highest BCUT2D eigenvalue weighted by molar-refractivity contribution is 5.79. The minimum absolute atomic E-state index is 0.182. The Hall–Kier alpha value is -2.70. The molecule has 0 bridgehead atoms. The third kappa shape index (κ3) is 1.95. The Morgan fingerprint density at radius 1 is 0.947 bits per heavy atom. The standard InChI is InChI=1S/C12H11N5O2/c1-18-11-14-10(15-12(16-11)19-2)17-9-6-4-3-5-8(9)7-13-17/h3-7H,1-2H3. The lowest BCUT2D eigenvalue weighted by Gasteiger charge is -2.05. The summed E-state index contributed by atoms with van der Waals surface area (Å²) in [6, 6.07) is 8.14. The van der Waals surface area contributed by atoms with Gasteiger partial charge < -0.3 is 9.47 Å². The molecule has 0 aliphatic rings. The third-order valence-corrected chi connectivity index (χ3v) is 2.61. The lowest BCUT2D eigenvalue weighted by molar-refractivity contribution is 0.338. The molecule has 0 N–H and O–H groups in total. The van der Waals surface area contributed by atoms with Gasteiger partial charge in [0.1, 0.15) is 0 Å². The number of rotatable bonds is 3. The predicted molar refractivity (Wildman–Crippen MR) is 67.6 cm³/mol. The van der Waals surface area contributed by atoms with Gasteiger partial charge in [-0.05, 0) is 6.07 Å². The second-order valence-corrected chi connectivity index (χ2v) is 3.72. The molecule has 0 saturated heterocycles. The molecule has 0 atom stereocenters. The van der Waals surface area contributed by atoms with Gasteiger partial charge in [-0.25, -0.2) is 0 Å². The van der Waals surface area contributed by atoms with E-state index in [1.807, 2.05) is 24.3 Å². The molecule has 0 aliphatic carbocycles. The summed E-state index contributed by atoms with van der Waals surface area (Å²) in [5, 5.41) is 5.27. The smallest absolute Gasteiger partial charge is 0.324 e. The van der Waals surface area contributed by atoms with E-state index < -0.39 is 0 Å². The summed E-state index contributed by atoms with van der Waals surface area (Å²) in [7, 11) is 2.97. The molecule has 19 heavy (non-hydrogen) atoms. The Morgan fingerprint density at radius 3 is 2.32 bits per heavy atom. The molecular weight excluding hydrogens is 246 g/mol. The van der Waals surface area contributed by atoms with Crippen LogP contribution in [0.1, 0.15) is 0 Å². The second-order valence-electron chi connectivity index (χ2n) is 3.72. The van der Waals surface area contributed by atoms with Gasteiger partial charge in [-0.1, -0.05) is 18.2 Å². The second kappa shape index (κ2) is 4.52. The molecule has 7 heteroatoms. The van der Waals surface area contributed by atoms with Gasteiger partial charge in [0.2, 0.25) is 0 Å². The SMILES string of the molecule is COc1nc(OC)nc(-n2ncc3ccccc32)n1.